The topological polar surface area (TPSA) is 38.5 Å². The van der Waals surface area contributed by atoms with Crippen LogP contribution in [-0.4, -0.2) is 26.3 Å². The van der Waals surface area contributed by atoms with Crippen LogP contribution < -0.4 is 10.6 Å². The van der Waals surface area contributed by atoms with Crippen LogP contribution in [0.4, 0.5) is 5.69 Å². The third-order valence-electron chi connectivity index (χ3n) is 2.95. The number of halogens is 1. The summed E-state index contributed by atoms with van der Waals surface area (Å²) in [5.41, 5.74) is 8.43. The van der Waals surface area contributed by atoms with E-state index in [1.807, 2.05) is 6.92 Å². The van der Waals surface area contributed by atoms with Gasteiger partial charge in [0.05, 0.1) is 6.61 Å². The first-order valence-corrected chi connectivity index (χ1v) is 7.07. The van der Waals surface area contributed by atoms with Gasteiger partial charge in [-0.25, -0.2) is 0 Å². The molecule has 1 rings (SSSR count). The van der Waals surface area contributed by atoms with Crippen molar-refractivity contribution in [2.24, 2.45) is 5.73 Å². The van der Waals surface area contributed by atoms with Crippen LogP contribution in [0.3, 0.4) is 0 Å². The number of nitrogens with zero attached hydrogens (tertiary/aromatic N) is 1. The molecule has 0 amide bonds. The molecule has 0 aliphatic rings. The Balaban J connectivity index is 3.10. The van der Waals surface area contributed by atoms with E-state index >= 15 is 0 Å². The van der Waals surface area contributed by atoms with Gasteiger partial charge in [-0.2, -0.15) is 0 Å². The Kier molecular flexibility index (Phi) is 6.12. The Morgan fingerprint density at radius 3 is 2.50 bits per heavy atom. The van der Waals surface area contributed by atoms with E-state index in [0.29, 0.717) is 12.6 Å². The predicted molar refractivity (Wildman–Crippen MR) is 81.1 cm³/mol. The van der Waals surface area contributed by atoms with Crippen molar-refractivity contribution in [3.63, 3.8) is 0 Å². The molecule has 0 fully saturated rings. The van der Waals surface area contributed by atoms with Crippen molar-refractivity contribution in [3.05, 3.63) is 28.2 Å². The number of benzene rings is 1. The molecule has 0 bridgehead atoms. The molecule has 3 nitrogen and oxygen atoms in total. The molecule has 2 N–H and O–H groups in total. The van der Waals surface area contributed by atoms with E-state index in [1.165, 1.54) is 5.69 Å². The summed E-state index contributed by atoms with van der Waals surface area (Å²) in [4.78, 5) is 2.33. The van der Waals surface area contributed by atoms with E-state index in [4.69, 9.17) is 10.5 Å². The average Bonchev–Trinajstić information content (AvgIpc) is 2.30. The molecular weight excluding hydrogens is 292 g/mol. The van der Waals surface area contributed by atoms with E-state index in [1.54, 1.807) is 7.11 Å². The molecule has 0 radical (unpaired) electrons. The number of anilines is 1. The molecule has 0 aliphatic heterocycles. The first-order chi connectivity index (χ1) is 8.47. The van der Waals surface area contributed by atoms with Gasteiger partial charge in [0, 0.05) is 35.9 Å². The smallest absolute Gasteiger partial charge is 0.0637 e. The molecule has 0 aliphatic carbocycles. The molecule has 1 atom stereocenters. The zero-order valence-electron chi connectivity index (χ0n) is 11.6. The number of nitrogens with two attached hydrogens (primary N) is 1. The molecule has 0 saturated heterocycles. The van der Waals surface area contributed by atoms with Crippen molar-refractivity contribution < 1.29 is 4.74 Å². The van der Waals surface area contributed by atoms with Crippen LogP contribution >= 0.6 is 15.9 Å². The minimum atomic E-state index is 0.0151. The summed E-state index contributed by atoms with van der Waals surface area (Å²) in [6.45, 7) is 7.97. The third-order valence-corrected chi connectivity index (χ3v) is 3.44. The molecule has 1 unspecified atom stereocenters. The van der Waals surface area contributed by atoms with Crippen LogP contribution in [0.5, 0.6) is 0 Å². The highest BCUT2D eigenvalue weighted by Crippen LogP contribution is 2.29. The van der Waals surface area contributed by atoms with Gasteiger partial charge in [-0.1, -0.05) is 15.9 Å². The van der Waals surface area contributed by atoms with Crippen LogP contribution in [0.1, 0.15) is 32.4 Å². The highest BCUT2D eigenvalue weighted by atomic mass is 79.9. The first-order valence-electron chi connectivity index (χ1n) is 6.28. The molecule has 4 heteroatoms. The summed E-state index contributed by atoms with van der Waals surface area (Å²) in [7, 11) is 1.73. The van der Waals surface area contributed by atoms with Crippen molar-refractivity contribution >= 4 is 21.6 Å². The minimum Gasteiger partial charge on any atom is -0.383 e. The van der Waals surface area contributed by atoms with E-state index in [2.05, 4.69) is 52.9 Å². The number of methoxy groups -OCH3 is 1. The summed E-state index contributed by atoms with van der Waals surface area (Å²) in [5, 5.41) is 0. The van der Waals surface area contributed by atoms with Crippen molar-refractivity contribution in [2.75, 3.05) is 25.2 Å². The highest BCUT2D eigenvalue weighted by Gasteiger charge is 2.16. The molecule has 0 saturated carbocycles. The Hall–Kier alpha value is -0.580. The predicted octanol–water partition coefficient (Wildman–Crippen LogP) is 3.33. The summed E-state index contributed by atoms with van der Waals surface area (Å²) in [5.74, 6) is 0. The summed E-state index contributed by atoms with van der Waals surface area (Å²) < 4.78 is 6.25. The van der Waals surface area contributed by atoms with Crippen LogP contribution in [-0.2, 0) is 4.74 Å². The lowest BCUT2D eigenvalue weighted by atomic mass is 10.0. The minimum absolute atomic E-state index is 0.0151. The van der Waals surface area contributed by atoms with Crippen LogP contribution in [0.2, 0.25) is 0 Å². The maximum atomic E-state index is 6.07. The number of ether oxygens (including phenoxy) is 1. The van der Waals surface area contributed by atoms with Crippen molar-refractivity contribution in [1.82, 2.24) is 0 Å². The normalized spacial score (nSPS) is 12.8. The lowest BCUT2D eigenvalue weighted by Crippen LogP contribution is -2.35. The molecule has 1 aromatic rings. The third kappa shape index (κ3) is 3.97. The molecule has 0 aromatic heterocycles. The monoisotopic (exact) mass is 314 g/mol. The molecule has 102 valence electrons. The Bertz CT molecular complexity index is 380. The standard InChI is InChI=1S/C14H23BrN2O/c1-10(2)17(7-8-18-4)14-6-5-12(15)9-13(14)11(3)16/h5-6,9-11H,7-8,16H2,1-4H3. The second-order valence-corrected chi connectivity index (χ2v) is 5.69. The number of rotatable bonds is 6. The van der Waals surface area contributed by atoms with Gasteiger partial charge < -0.3 is 15.4 Å². The fourth-order valence-electron chi connectivity index (χ4n) is 2.00. The average molecular weight is 315 g/mol. The van der Waals surface area contributed by atoms with E-state index in [0.717, 1.165) is 16.6 Å². The van der Waals surface area contributed by atoms with Crippen LogP contribution in [0.25, 0.3) is 0 Å². The van der Waals surface area contributed by atoms with Gasteiger partial charge in [0.1, 0.15) is 0 Å². The molecular formula is C14H23BrN2O. The lowest BCUT2D eigenvalue weighted by Gasteiger charge is -2.31. The van der Waals surface area contributed by atoms with Gasteiger partial charge in [0.25, 0.3) is 0 Å². The van der Waals surface area contributed by atoms with Gasteiger partial charge in [0.15, 0.2) is 0 Å². The van der Waals surface area contributed by atoms with Crippen molar-refractivity contribution in [2.45, 2.75) is 32.9 Å². The lowest BCUT2D eigenvalue weighted by molar-refractivity contribution is 0.203. The Morgan fingerprint density at radius 2 is 2.00 bits per heavy atom. The second-order valence-electron chi connectivity index (χ2n) is 4.77. The number of hydrogen-bond acceptors (Lipinski definition) is 3. The number of hydrogen-bond donors (Lipinski definition) is 1. The largest absolute Gasteiger partial charge is 0.383 e. The van der Waals surface area contributed by atoms with Crippen LogP contribution in [0.15, 0.2) is 22.7 Å². The van der Waals surface area contributed by atoms with Gasteiger partial charge in [0.2, 0.25) is 0 Å². The fraction of sp³-hybridized carbons (Fsp3) is 0.571. The van der Waals surface area contributed by atoms with Gasteiger partial charge in [-0.05, 0) is 44.5 Å². The molecule has 0 spiro atoms. The summed E-state index contributed by atoms with van der Waals surface area (Å²) in [6.07, 6.45) is 0. The SMILES string of the molecule is COCCN(c1ccc(Br)cc1C(C)N)C(C)C. The second kappa shape index (κ2) is 7.12. The van der Waals surface area contributed by atoms with Gasteiger partial charge >= 0.3 is 0 Å². The summed E-state index contributed by atoms with van der Waals surface area (Å²) in [6, 6.07) is 6.71. The molecule has 1 aromatic carbocycles. The van der Waals surface area contributed by atoms with Gasteiger partial charge in [-0.3, -0.25) is 0 Å². The maximum Gasteiger partial charge on any atom is 0.0637 e. The van der Waals surface area contributed by atoms with Gasteiger partial charge in [-0.15, -0.1) is 0 Å². The summed E-state index contributed by atoms with van der Waals surface area (Å²) >= 11 is 3.50. The van der Waals surface area contributed by atoms with E-state index in [-0.39, 0.29) is 6.04 Å². The zero-order chi connectivity index (χ0) is 13.7. The highest BCUT2D eigenvalue weighted by molar-refractivity contribution is 9.10. The van der Waals surface area contributed by atoms with E-state index in [9.17, 15) is 0 Å². The van der Waals surface area contributed by atoms with Crippen LogP contribution in [0, 0.1) is 0 Å². The first kappa shape index (κ1) is 15.5. The van der Waals surface area contributed by atoms with Crippen molar-refractivity contribution in [3.8, 4) is 0 Å². The molecule has 18 heavy (non-hydrogen) atoms. The fourth-order valence-corrected chi connectivity index (χ4v) is 2.38. The zero-order valence-corrected chi connectivity index (χ0v) is 13.2. The molecule has 0 heterocycles. The quantitative estimate of drug-likeness (QED) is 0.875. The Labute approximate surface area is 118 Å². The van der Waals surface area contributed by atoms with Crippen molar-refractivity contribution in [1.29, 1.82) is 0 Å². The Morgan fingerprint density at radius 1 is 1.33 bits per heavy atom. The van der Waals surface area contributed by atoms with E-state index < -0.39 is 0 Å². The maximum absolute atomic E-state index is 6.07.